The highest BCUT2D eigenvalue weighted by Crippen LogP contribution is 2.31. The van der Waals surface area contributed by atoms with Crippen LogP contribution in [-0.2, 0) is 25.7 Å². The zero-order valence-electron chi connectivity index (χ0n) is 17.4. The van der Waals surface area contributed by atoms with Gasteiger partial charge in [-0.1, -0.05) is 36.4 Å². The molecule has 32 heavy (non-hydrogen) atoms. The lowest BCUT2D eigenvalue weighted by Crippen LogP contribution is -2.37. The van der Waals surface area contributed by atoms with Crippen molar-refractivity contribution >= 4 is 17.0 Å². The molecule has 0 radical (unpaired) electrons. The summed E-state index contributed by atoms with van der Waals surface area (Å²) in [6, 6.07) is 16.8. The Labute approximate surface area is 182 Å². The van der Waals surface area contributed by atoms with E-state index in [0.717, 1.165) is 24.1 Å². The summed E-state index contributed by atoms with van der Waals surface area (Å²) >= 11 is 0. The van der Waals surface area contributed by atoms with Crippen molar-refractivity contribution in [1.29, 1.82) is 0 Å². The number of rotatable bonds is 3. The van der Waals surface area contributed by atoms with Gasteiger partial charge < -0.3 is 13.9 Å². The maximum Gasteiger partial charge on any atom is 0.416 e. The first kappa shape index (κ1) is 20.4. The van der Waals surface area contributed by atoms with Gasteiger partial charge in [-0.3, -0.25) is 4.79 Å². The lowest BCUT2D eigenvalue weighted by molar-refractivity contribution is -0.137. The van der Waals surface area contributed by atoms with Gasteiger partial charge in [-0.2, -0.15) is 13.2 Å². The zero-order chi connectivity index (χ0) is 22.5. The van der Waals surface area contributed by atoms with Crippen LogP contribution in [0.1, 0.15) is 38.5 Å². The molecule has 0 saturated carbocycles. The van der Waals surface area contributed by atoms with Crippen LogP contribution in [-0.4, -0.2) is 21.9 Å². The SMILES string of the molecule is Cc1cc2c(cc(C(=O)N3CCc4ccccc4C3)n2Cc2cccc(C(F)(F)F)c2)o1. The summed E-state index contributed by atoms with van der Waals surface area (Å²) in [5.41, 5.74) is 3.77. The van der Waals surface area contributed by atoms with E-state index >= 15 is 0 Å². The summed E-state index contributed by atoms with van der Waals surface area (Å²) in [7, 11) is 0. The van der Waals surface area contributed by atoms with Crippen molar-refractivity contribution in [2.24, 2.45) is 0 Å². The highest BCUT2D eigenvalue weighted by atomic mass is 19.4. The number of hydrogen-bond acceptors (Lipinski definition) is 2. The molecule has 0 bridgehead atoms. The van der Waals surface area contributed by atoms with Crippen molar-refractivity contribution in [2.45, 2.75) is 32.6 Å². The summed E-state index contributed by atoms with van der Waals surface area (Å²) in [6.07, 6.45) is -3.65. The minimum absolute atomic E-state index is 0.137. The summed E-state index contributed by atoms with van der Waals surface area (Å²) in [6.45, 7) is 3.03. The second-order valence-electron chi connectivity index (χ2n) is 8.17. The number of amides is 1. The number of benzene rings is 2. The minimum Gasteiger partial charge on any atom is -0.460 e. The topological polar surface area (TPSA) is 38.4 Å². The van der Waals surface area contributed by atoms with Gasteiger partial charge in [0.2, 0.25) is 0 Å². The molecule has 0 spiro atoms. The van der Waals surface area contributed by atoms with E-state index < -0.39 is 11.7 Å². The summed E-state index contributed by atoms with van der Waals surface area (Å²) in [5.74, 6) is 0.522. The molecule has 0 atom stereocenters. The van der Waals surface area contributed by atoms with Crippen LogP contribution in [0.3, 0.4) is 0 Å². The molecule has 0 fully saturated rings. The van der Waals surface area contributed by atoms with Gasteiger partial charge in [0.15, 0.2) is 5.58 Å². The van der Waals surface area contributed by atoms with Crippen molar-refractivity contribution in [3.05, 3.63) is 94.4 Å². The number of fused-ring (bicyclic) bond motifs is 2. The van der Waals surface area contributed by atoms with Gasteiger partial charge >= 0.3 is 6.18 Å². The van der Waals surface area contributed by atoms with Gasteiger partial charge in [0, 0.05) is 31.8 Å². The molecule has 4 aromatic rings. The number of halogens is 3. The summed E-state index contributed by atoms with van der Waals surface area (Å²) in [4.78, 5) is 15.3. The Kier molecular flexibility index (Phi) is 4.84. The largest absolute Gasteiger partial charge is 0.460 e. The molecule has 2 aromatic heterocycles. The van der Waals surface area contributed by atoms with E-state index in [1.807, 2.05) is 24.3 Å². The van der Waals surface area contributed by atoms with E-state index in [-0.39, 0.29) is 12.5 Å². The average molecular weight is 438 g/mol. The highest BCUT2D eigenvalue weighted by molar-refractivity contribution is 5.98. The molecule has 0 N–H and O–H groups in total. The van der Waals surface area contributed by atoms with E-state index in [2.05, 4.69) is 6.07 Å². The maximum absolute atomic E-state index is 13.5. The molecule has 0 aliphatic carbocycles. The number of furan rings is 1. The molecule has 3 heterocycles. The van der Waals surface area contributed by atoms with Crippen molar-refractivity contribution < 1.29 is 22.4 Å². The Bertz CT molecular complexity index is 1320. The minimum atomic E-state index is -4.42. The fourth-order valence-corrected chi connectivity index (χ4v) is 4.37. The molecule has 7 heteroatoms. The molecule has 5 rings (SSSR count). The second kappa shape index (κ2) is 7.58. The van der Waals surface area contributed by atoms with Crippen LogP contribution >= 0.6 is 0 Å². The molecule has 0 unspecified atom stereocenters. The van der Waals surface area contributed by atoms with Crippen LogP contribution in [0.2, 0.25) is 0 Å². The smallest absolute Gasteiger partial charge is 0.416 e. The van der Waals surface area contributed by atoms with Crippen molar-refractivity contribution in [2.75, 3.05) is 6.54 Å². The Morgan fingerprint density at radius 1 is 1.03 bits per heavy atom. The lowest BCUT2D eigenvalue weighted by atomic mass is 10.00. The predicted octanol–water partition coefficient (Wildman–Crippen LogP) is 5.81. The number of nitrogens with zero attached hydrogens (tertiary/aromatic N) is 2. The Morgan fingerprint density at radius 2 is 1.81 bits per heavy atom. The maximum atomic E-state index is 13.5. The number of carbonyl (C=O) groups is 1. The molecule has 1 aliphatic heterocycles. The number of aromatic nitrogens is 1. The number of alkyl halides is 3. The standard InChI is InChI=1S/C25H21F3N2O2/c1-16-11-21-23(32-16)13-22(24(31)29-10-9-18-6-2-3-7-19(18)15-29)30(21)14-17-5-4-8-20(12-17)25(26,27)28/h2-8,11-13H,9-10,14-15H2,1H3. The second-order valence-corrected chi connectivity index (χ2v) is 8.17. The number of carbonyl (C=O) groups excluding carboxylic acids is 1. The monoisotopic (exact) mass is 438 g/mol. The van der Waals surface area contributed by atoms with Gasteiger partial charge in [0.25, 0.3) is 5.91 Å². The fraction of sp³-hybridized carbons (Fsp3) is 0.240. The van der Waals surface area contributed by atoms with E-state index in [9.17, 15) is 18.0 Å². The van der Waals surface area contributed by atoms with Gasteiger partial charge in [-0.25, -0.2) is 0 Å². The van der Waals surface area contributed by atoms with Crippen molar-refractivity contribution in [3.8, 4) is 0 Å². The average Bonchev–Trinajstić information content (AvgIpc) is 3.29. The first-order valence-electron chi connectivity index (χ1n) is 10.4. The van der Waals surface area contributed by atoms with E-state index in [1.165, 1.54) is 11.6 Å². The normalized spacial score (nSPS) is 14.1. The van der Waals surface area contributed by atoms with Crippen molar-refractivity contribution in [3.63, 3.8) is 0 Å². The van der Waals surface area contributed by atoms with Gasteiger partial charge in [-0.15, -0.1) is 0 Å². The van der Waals surface area contributed by atoms with Gasteiger partial charge in [0.1, 0.15) is 11.5 Å². The molecular weight excluding hydrogens is 417 g/mol. The first-order valence-corrected chi connectivity index (χ1v) is 10.4. The molecule has 4 nitrogen and oxygen atoms in total. The lowest BCUT2D eigenvalue weighted by Gasteiger charge is -2.29. The van der Waals surface area contributed by atoms with Crippen LogP contribution in [0.25, 0.3) is 11.1 Å². The highest BCUT2D eigenvalue weighted by Gasteiger charge is 2.31. The molecule has 1 amide bonds. The third-order valence-electron chi connectivity index (χ3n) is 5.94. The molecule has 2 aromatic carbocycles. The third-order valence-corrected chi connectivity index (χ3v) is 5.94. The van der Waals surface area contributed by atoms with Gasteiger partial charge in [-0.05, 0) is 42.2 Å². The Hall–Kier alpha value is -3.48. The van der Waals surface area contributed by atoms with Crippen LogP contribution in [0.4, 0.5) is 13.2 Å². The van der Waals surface area contributed by atoms with Crippen LogP contribution in [0.5, 0.6) is 0 Å². The summed E-state index contributed by atoms with van der Waals surface area (Å²) in [5, 5.41) is 0. The molecule has 1 aliphatic rings. The fourth-order valence-electron chi connectivity index (χ4n) is 4.37. The van der Waals surface area contributed by atoms with Gasteiger partial charge in [0.05, 0.1) is 11.1 Å². The summed E-state index contributed by atoms with van der Waals surface area (Å²) < 4.78 is 47.1. The molecular formula is C25H21F3N2O2. The van der Waals surface area contributed by atoms with E-state index in [4.69, 9.17) is 4.42 Å². The molecule has 0 saturated heterocycles. The quantitative estimate of drug-likeness (QED) is 0.405. The molecule has 164 valence electrons. The zero-order valence-corrected chi connectivity index (χ0v) is 17.4. The Balaban J connectivity index is 1.51. The van der Waals surface area contributed by atoms with Crippen LogP contribution in [0, 0.1) is 6.92 Å². The van der Waals surface area contributed by atoms with Crippen molar-refractivity contribution in [1.82, 2.24) is 9.47 Å². The van der Waals surface area contributed by atoms with Crippen LogP contribution < -0.4 is 0 Å². The number of hydrogen-bond donors (Lipinski definition) is 0. The van der Waals surface area contributed by atoms with E-state index in [1.54, 1.807) is 28.5 Å². The van der Waals surface area contributed by atoms with Crippen LogP contribution in [0.15, 0.2) is 65.1 Å². The third kappa shape index (κ3) is 3.68. The van der Waals surface area contributed by atoms with E-state index in [0.29, 0.717) is 41.2 Å². The predicted molar refractivity (Wildman–Crippen MR) is 114 cm³/mol. The first-order chi connectivity index (χ1) is 15.3. The number of aryl methyl sites for hydroxylation is 1. The Morgan fingerprint density at radius 3 is 2.59 bits per heavy atom.